The number of thiophene rings is 1. The first-order chi connectivity index (χ1) is 15.5. The van der Waals surface area contributed by atoms with Gasteiger partial charge in [0.25, 0.3) is 5.91 Å². The summed E-state index contributed by atoms with van der Waals surface area (Å²) < 4.78 is 19.5. The minimum atomic E-state index is -0.616. The molecule has 1 aromatic heterocycles. The first-order valence-corrected chi connectivity index (χ1v) is 11.5. The lowest BCUT2D eigenvalue weighted by Gasteiger charge is -2.19. The van der Waals surface area contributed by atoms with Crippen molar-refractivity contribution in [2.45, 2.75) is 52.6 Å². The van der Waals surface area contributed by atoms with Gasteiger partial charge in [-0.05, 0) is 63.8 Å². The van der Waals surface area contributed by atoms with E-state index in [4.69, 9.17) is 9.57 Å². The molecule has 1 aliphatic rings. The van der Waals surface area contributed by atoms with Gasteiger partial charge in [0.1, 0.15) is 16.4 Å². The van der Waals surface area contributed by atoms with Crippen LogP contribution in [0.5, 0.6) is 0 Å². The molecular formula is C23H28FN3O5S. The fourth-order valence-electron chi connectivity index (χ4n) is 3.33. The zero-order valence-electron chi connectivity index (χ0n) is 19.1. The zero-order valence-corrected chi connectivity index (χ0v) is 19.9. The average Bonchev–Trinajstić information content (AvgIpc) is 3.08. The normalized spacial score (nSPS) is 13.3. The average molecular weight is 478 g/mol. The topological polar surface area (TPSA) is 106 Å². The van der Waals surface area contributed by atoms with Crippen LogP contribution in [0.2, 0.25) is 0 Å². The van der Waals surface area contributed by atoms with Crippen molar-refractivity contribution < 1.29 is 28.3 Å². The first-order valence-electron chi connectivity index (χ1n) is 10.7. The van der Waals surface area contributed by atoms with Crippen LogP contribution < -0.4 is 16.1 Å². The molecule has 0 saturated carbocycles. The first kappa shape index (κ1) is 24.7. The van der Waals surface area contributed by atoms with Crippen molar-refractivity contribution in [2.75, 3.05) is 18.5 Å². The number of benzene rings is 1. The number of ether oxygens (including phenoxy) is 1. The molecule has 1 aromatic carbocycles. The number of rotatable bonds is 7. The van der Waals surface area contributed by atoms with Crippen LogP contribution in [-0.4, -0.2) is 36.5 Å². The standard InChI is InChI=1S/C23H28FN3O5S/c1-13-8-9-16(15(24)12-13)26-21-18(14-6-5-7-17(28)19(14)33-21)20(29)27-31-11-10-25-22(30)32-23(2,3)4/h8-9,12,26H,5-7,10-11H2,1-4H3,(H,25,30)(H,27,29). The summed E-state index contributed by atoms with van der Waals surface area (Å²) in [5, 5.41) is 5.87. The van der Waals surface area contributed by atoms with Gasteiger partial charge in [0.15, 0.2) is 5.78 Å². The number of nitrogens with one attached hydrogen (secondary N) is 3. The van der Waals surface area contributed by atoms with E-state index < -0.39 is 23.4 Å². The molecule has 0 saturated heterocycles. The molecule has 0 radical (unpaired) electrons. The maximum Gasteiger partial charge on any atom is 0.407 e. The molecule has 0 spiro atoms. The third kappa shape index (κ3) is 6.52. The van der Waals surface area contributed by atoms with Gasteiger partial charge in [-0.15, -0.1) is 11.3 Å². The summed E-state index contributed by atoms with van der Waals surface area (Å²) >= 11 is 1.14. The van der Waals surface area contributed by atoms with Gasteiger partial charge in [-0.1, -0.05) is 6.07 Å². The summed E-state index contributed by atoms with van der Waals surface area (Å²) in [6.45, 7) is 7.17. The van der Waals surface area contributed by atoms with Crippen molar-refractivity contribution in [1.82, 2.24) is 10.8 Å². The zero-order chi connectivity index (χ0) is 24.2. The molecule has 0 bridgehead atoms. The van der Waals surface area contributed by atoms with Gasteiger partial charge < -0.3 is 15.4 Å². The summed E-state index contributed by atoms with van der Waals surface area (Å²) in [6.07, 6.45) is 1.04. The minimum absolute atomic E-state index is 0.00555. The predicted octanol–water partition coefficient (Wildman–Crippen LogP) is 4.64. The Morgan fingerprint density at radius 3 is 2.67 bits per heavy atom. The van der Waals surface area contributed by atoms with Gasteiger partial charge in [-0.25, -0.2) is 14.7 Å². The summed E-state index contributed by atoms with van der Waals surface area (Å²) in [5.41, 5.74) is 3.62. The molecule has 0 aliphatic heterocycles. The summed E-state index contributed by atoms with van der Waals surface area (Å²) in [4.78, 5) is 42.7. The van der Waals surface area contributed by atoms with Crippen LogP contribution in [0.3, 0.4) is 0 Å². The van der Waals surface area contributed by atoms with Crippen LogP contribution >= 0.6 is 11.3 Å². The Kier molecular flexibility index (Phi) is 7.70. The molecule has 3 rings (SSSR count). The highest BCUT2D eigenvalue weighted by Crippen LogP contribution is 2.39. The highest BCUT2D eigenvalue weighted by atomic mass is 32.1. The number of carbonyl (C=O) groups is 3. The molecule has 2 amide bonds. The Morgan fingerprint density at radius 2 is 1.97 bits per heavy atom. The van der Waals surface area contributed by atoms with Crippen LogP contribution in [-0.2, 0) is 16.0 Å². The van der Waals surface area contributed by atoms with E-state index in [1.807, 2.05) is 0 Å². The Morgan fingerprint density at radius 1 is 1.21 bits per heavy atom. The largest absolute Gasteiger partial charge is 0.444 e. The third-order valence-electron chi connectivity index (χ3n) is 4.73. The lowest BCUT2D eigenvalue weighted by Crippen LogP contribution is -2.35. The van der Waals surface area contributed by atoms with E-state index in [1.165, 1.54) is 6.07 Å². The number of hydrogen-bond acceptors (Lipinski definition) is 7. The monoisotopic (exact) mass is 477 g/mol. The van der Waals surface area contributed by atoms with E-state index in [0.29, 0.717) is 34.7 Å². The number of amides is 2. The summed E-state index contributed by atoms with van der Waals surface area (Å²) in [5.74, 6) is -1.03. The Hall–Kier alpha value is -2.98. The number of hydroxylamine groups is 1. The van der Waals surface area contributed by atoms with Crippen LogP contribution in [0.25, 0.3) is 0 Å². The molecule has 2 aromatic rings. The second-order valence-corrected chi connectivity index (χ2v) is 9.73. The van der Waals surface area contributed by atoms with Crippen molar-refractivity contribution in [3.63, 3.8) is 0 Å². The summed E-state index contributed by atoms with van der Waals surface area (Å²) in [6, 6.07) is 4.73. The number of alkyl carbamates (subject to hydrolysis) is 1. The summed E-state index contributed by atoms with van der Waals surface area (Å²) in [7, 11) is 0. The van der Waals surface area contributed by atoms with Crippen LogP contribution in [0, 0.1) is 12.7 Å². The number of aryl methyl sites for hydroxylation is 1. The van der Waals surface area contributed by atoms with E-state index >= 15 is 0 Å². The van der Waals surface area contributed by atoms with Gasteiger partial charge in [-0.3, -0.25) is 14.4 Å². The van der Waals surface area contributed by atoms with Crippen LogP contribution in [0.1, 0.15) is 64.8 Å². The number of halogens is 1. The van der Waals surface area contributed by atoms with Gasteiger partial charge in [-0.2, -0.15) is 0 Å². The lowest BCUT2D eigenvalue weighted by molar-refractivity contribution is 0.0284. The molecule has 10 heteroatoms. The Balaban J connectivity index is 1.68. The Labute approximate surface area is 195 Å². The van der Waals surface area contributed by atoms with E-state index in [0.717, 1.165) is 16.9 Å². The smallest absolute Gasteiger partial charge is 0.407 e. The molecular weight excluding hydrogens is 449 g/mol. The van der Waals surface area contributed by atoms with E-state index in [1.54, 1.807) is 39.8 Å². The molecule has 1 aliphatic carbocycles. The van der Waals surface area contributed by atoms with E-state index in [9.17, 15) is 18.8 Å². The molecule has 33 heavy (non-hydrogen) atoms. The van der Waals surface area contributed by atoms with Crippen molar-refractivity contribution >= 4 is 39.8 Å². The highest BCUT2D eigenvalue weighted by Gasteiger charge is 2.30. The number of anilines is 2. The number of hydrogen-bond donors (Lipinski definition) is 3. The number of carbonyl (C=O) groups excluding carboxylic acids is 3. The lowest BCUT2D eigenvalue weighted by atomic mass is 9.94. The molecule has 0 fully saturated rings. The van der Waals surface area contributed by atoms with Crippen molar-refractivity contribution in [3.8, 4) is 0 Å². The second-order valence-electron chi connectivity index (χ2n) is 8.71. The minimum Gasteiger partial charge on any atom is -0.444 e. The molecule has 0 atom stereocenters. The van der Waals surface area contributed by atoms with E-state index in [-0.39, 0.29) is 30.2 Å². The fourth-order valence-corrected chi connectivity index (χ4v) is 4.55. The van der Waals surface area contributed by atoms with Crippen LogP contribution in [0.4, 0.5) is 19.9 Å². The van der Waals surface area contributed by atoms with Gasteiger partial charge in [0.2, 0.25) is 0 Å². The number of fused-ring (bicyclic) bond motifs is 1. The SMILES string of the molecule is Cc1ccc(Nc2sc3c(c2C(=O)NOCCNC(=O)OC(C)(C)C)CCCC3=O)c(F)c1. The Bertz CT molecular complexity index is 1060. The molecule has 1 heterocycles. The van der Waals surface area contributed by atoms with Crippen molar-refractivity contribution in [2.24, 2.45) is 0 Å². The van der Waals surface area contributed by atoms with Crippen molar-refractivity contribution in [1.29, 1.82) is 0 Å². The highest BCUT2D eigenvalue weighted by molar-refractivity contribution is 7.18. The number of Topliss-reactive ketones (excluding diaryl/α,β-unsaturated/α-hetero) is 1. The van der Waals surface area contributed by atoms with Gasteiger partial charge >= 0.3 is 6.09 Å². The van der Waals surface area contributed by atoms with Crippen LogP contribution in [0.15, 0.2) is 18.2 Å². The maximum atomic E-state index is 14.4. The molecule has 8 nitrogen and oxygen atoms in total. The molecule has 0 unspecified atom stereocenters. The predicted molar refractivity (Wildman–Crippen MR) is 124 cm³/mol. The van der Waals surface area contributed by atoms with Crippen molar-refractivity contribution in [3.05, 3.63) is 45.6 Å². The van der Waals surface area contributed by atoms with Gasteiger partial charge in [0, 0.05) is 13.0 Å². The fraction of sp³-hybridized carbons (Fsp3) is 0.435. The second kappa shape index (κ2) is 10.3. The maximum absolute atomic E-state index is 14.4. The number of ketones is 1. The van der Waals surface area contributed by atoms with E-state index in [2.05, 4.69) is 16.1 Å². The molecule has 178 valence electrons. The quantitative estimate of drug-likeness (QED) is 0.396. The van der Waals surface area contributed by atoms with Gasteiger partial charge in [0.05, 0.1) is 22.7 Å². The third-order valence-corrected chi connectivity index (χ3v) is 5.92. The molecule has 3 N–H and O–H groups in total.